The summed E-state index contributed by atoms with van der Waals surface area (Å²) in [5.41, 5.74) is 0. The van der Waals surface area contributed by atoms with Crippen molar-refractivity contribution < 1.29 is 19.8 Å². The highest BCUT2D eigenvalue weighted by Crippen LogP contribution is 1.92. The molecule has 0 aliphatic heterocycles. The first-order chi connectivity index (χ1) is 6.47. The Kier molecular flexibility index (Phi) is 5.66. The summed E-state index contributed by atoms with van der Waals surface area (Å²) in [5.74, 6) is -1.31. The highest BCUT2D eigenvalue weighted by molar-refractivity contribution is 6.29. The lowest BCUT2D eigenvalue weighted by Gasteiger charge is -2.11. The van der Waals surface area contributed by atoms with Crippen LogP contribution in [0.25, 0.3) is 0 Å². The molecule has 0 bridgehead atoms. The average Bonchev–Trinajstić information content (AvgIpc) is 2.10. The summed E-state index contributed by atoms with van der Waals surface area (Å²) < 4.78 is 0. The van der Waals surface area contributed by atoms with Gasteiger partial charge in [0.25, 0.3) is 0 Å². The van der Waals surface area contributed by atoms with Crippen LogP contribution in [-0.4, -0.2) is 41.4 Å². The molecule has 0 rings (SSSR count). The molecule has 0 aliphatic rings. The lowest BCUT2D eigenvalue weighted by atomic mass is 10.3. The van der Waals surface area contributed by atoms with E-state index in [-0.39, 0.29) is 11.6 Å². The maximum atomic E-state index is 10.9. The quantitative estimate of drug-likeness (QED) is 0.503. The Labute approximate surface area is 85.6 Å². The molecule has 0 unspecified atom stereocenters. The van der Waals surface area contributed by atoms with E-state index in [1.165, 1.54) is 0 Å². The first-order valence-electron chi connectivity index (χ1n) is 3.68. The smallest absolute Gasteiger partial charge is 0.328 e. The zero-order valence-corrected chi connectivity index (χ0v) is 8.04. The Morgan fingerprint density at radius 2 is 2.07 bits per heavy atom. The van der Waals surface area contributed by atoms with E-state index < -0.39 is 24.6 Å². The van der Waals surface area contributed by atoms with Crippen LogP contribution in [0.3, 0.4) is 0 Å². The molecule has 0 aromatic rings. The molecule has 0 spiro atoms. The molecule has 0 saturated carbocycles. The third-order valence-corrected chi connectivity index (χ3v) is 1.36. The third-order valence-electron chi connectivity index (χ3n) is 1.23. The van der Waals surface area contributed by atoms with Crippen molar-refractivity contribution in [2.45, 2.75) is 6.04 Å². The number of urea groups is 1. The summed E-state index contributed by atoms with van der Waals surface area (Å²) in [4.78, 5) is 21.3. The van der Waals surface area contributed by atoms with Crippen LogP contribution in [0.4, 0.5) is 4.79 Å². The Morgan fingerprint density at radius 3 is 2.43 bits per heavy atom. The van der Waals surface area contributed by atoms with E-state index in [2.05, 4.69) is 11.9 Å². The van der Waals surface area contributed by atoms with E-state index in [1.54, 1.807) is 0 Å². The van der Waals surface area contributed by atoms with E-state index in [9.17, 15) is 9.59 Å². The molecular weight excluding hydrogens is 212 g/mol. The minimum atomic E-state index is -1.32. The first kappa shape index (κ1) is 12.7. The van der Waals surface area contributed by atoms with Gasteiger partial charge in [-0.25, -0.2) is 9.59 Å². The molecule has 0 fully saturated rings. The van der Waals surface area contributed by atoms with E-state index in [0.29, 0.717) is 0 Å². The lowest BCUT2D eigenvalue weighted by Crippen LogP contribution is -2.48. The average molecular weight is 223 g/mol. The molecule has 0 heterocycles. The molecule has 14 heavy (non-hydrogen) atoms. The van der Waals surface area contributed by atoms with Crippen LogP contribution in [0.1, 0.15) is 0 Å². The summed E-state index contributed by atoms with van der Waals surface area (Å²) in [7, 11) is 0. The monoisotopic (exact) mass is 222 g/mol. The van der Waals surface area contributed by atoms with Crippen molar-refractivity contribution in [3.8, 4) is 0 Å². The minimum absolute atomic E-state index is 0.0329. The van der Waals surface area contributed by atoms with Crippen molar-refractivity contribution in [1.29, 1.82) is 0 Å². The van der Waals surface area contributed by atoms with Crippen molar-refractivity contribution in [1.82, 2.24) is 10.6 Å². The van der Waals surface area contributed by atoms with Gasteiger partial charge in [-0.1, -0.05) is 18.2 Å². The Balaban J connectivity index is 3.91. The second-order valence-electron chi connectivity index (χ2n) is 2.42. The lowest BCUT2D eigenvalue weighted by molar-refractivity contribution is -0.140. The molecular formula is C7H11ClN2O4. The molecule has 0 aromatic carbocycles. The number of aliphatic hydroxyl groups is 1. The number of aliphatic carboxylic acids is 1. The number of halogens is 1. The molecule has 0 saturated heterocycles. The van der Waals surface area contributed by atoms with Crippen LogP contribution in [-0.2, 0) is 4.79 Å². The van der Waals surface area contributed by atoms with Crippen LogP contribution in [0, 0.1) is 0 Å². The standard InChI is InChI=1S/C7H11ClN2O4/c1-4(8)2-9-7(14)10-5(3-11)6(12)13/h5,11H,1-3H2,(H,12,13)(H2,9,10,14)/t5-/m0/s1. The van der Waals surface area contributed by atoms with Crippen molar-refractivity contribution in [2.75, 3.05) is 13.2 Å². The number of hydrogen-bond donors (Lipinski definition) is 4. The summed E-state index contributed by atoms with van der Waals surface area (Å²) in [6.45, 7) is 2.68. The number of carboxylic acids is 1. The molecule has 1 atom stereocenters. The van der Waals surface area contributed by atoms with Crippen molar-refractivity contribution in [2.24, 2.45) is 0 Å². The van der Waals surface area contributed by atoms with Gasteiger partial charge in [0.1, 0.15) is 0 Å². The topological polar surface area (TPSA) is 98.7 Å². The van der Waals surface area contributed by atoms with E-state index in [0.717, 1.165) is 0 Å². The molecule has 0 aliphatic carbocycles. The van der Waals surface area contributed by atoms with Gasteiger partial charge in [-0.3, -0.25) is 0 Å². The van der Waals surface area contributed by atoms with Crippen LogP contribution in [0.15, 0.2) is 11.6 Å². The van der Waals surface area contributed by atoms with Gasteiger partial charge in [0.15, 0.2) is 6.04 Å². The predicted molar refractivity (Wildman–Crippen MR) is 50.0 cm³/mol. The van der Waals surface area contributed by atoms with Crippen LogP contribution >= 0.6 is 11.6 Å². The number of rotatable bonds is 5. The van der Waals surface area contributed by atoms with Crippen molar-refractivity contribution >= 4 is 23.6 Å². The highest BCUT2D eigenvalue weighted by Gasteiger charge is 2.17. The van der Waals surface area contributed by atoms with Gasteiger partial charge in [0.2, 0.25) is 0 Å². The van der Waals surface area contributed by atoms with Gasteiger partial charge >= 0.3 is 12.0 Å². The zero-order chi connectivity index (χ0) is 11.1. The predicted octanol–water partition coefficient (Wildman–Crippen LogP) is -0.516. The summed E-state index contributed by atoms with van der Waals surface area (Å²) in [6.07, 6.45) is 0. The highest BCUT2D eigenvalue weighted by atomic mass is 35.5. The normalized spacial score (nSPS) is 11.6. The summed E-state index contributed by atoms with van der Waals surface area (Å²) >= 11 is 5.35. The van der Waals surface area contributed by atoms with E-state index >= 15 is 0 Å². The number of aliphatic hydroxyl groups excluding tert-OH is 1. The fraction of sp³-hybridized carbons (Fsp3) is 0.429. The first-order valence-corrected chi connectivity index (χ1v) is 4.06. The van der Waals surface area contributed by atoms with E-state index in [1.807, 2.05) is 5.32 Å². The SMILES string of the molecule is C=C(Cl)CNC(=O)N[C@@H](CO)C(=O)O. The number of carboxylic acid groups (broad SMARTS) is 1. The number of carbonyl (C=O) groups excluding carboxylic acids is 1. The van der Waals surface area contributed by atoms with Crippen LogP contribution in [0.2, 0.25) is 0 Å². The number of carbonyl (C=O) groups is 2. The van der Waals surface area contributed by atoms with Gasteiger partial charge in [0.05, 0.1) is 13.2 Å². The van der Waals surface area contributed by atoms with Gasteiger partial charge in [-0.05, 0) is 0 Å². The summed E-state index contributed by atoms with van der Waals surface area (Å²) in [5, 5.41) is 21.5. The number of hydrogen-bond acceptors (Lipinski definition) is 3. The summed E-state index contributed by atoms with van der Waals surface area (Å²) in [6, 6.07) is -2.05. The maximum absolute atomic E-state index is 10.9. The number of amides is 2. The second kappa shape index (κ2) is 6.22. The molecule has 80 valence electrons. The third kappa shape index (κ3) is 5.39. The molecule has 4 N–H and O–H groups in total. The van der Waals surface area contributed by atoms with Crippen LogP contribution < -0.4 is 10.6 Å². The molecule has 7 heteroatoms. The van der Waals surface area contributed by atoms with Gasteiger partial charge < -0.3 is 20.8 Å². The second-order valence-corrected chi connectivity index (χ2v) is 2.95. The fourth-order valence-corrected chi connectivity index (χ4v) is 0.638. The largest absolute Gasteiger partial charge is 0.480 e. The Hall–Kier alpha value is -1.27. The van der Waals surface area contributed by atoms with Gasteiger partial charge in [-0.15, -0.1) is 0 Å². The fourth-order valence-electron chi connectivity index (χ4n) is 0.571. The molecule has 0 aromatic heterocycles. The Morgan fingerprint density at radius 1 is 1.50 bits per heavy atom. The van der Waals surface area contributed by atoms with Crippen molar-refractivity contribution in [3.63, 3.8) is 0 Å². The number of nitrogens with one attached hydrogen (secondary N) is 2. The molecule has 2 amide bonds. The zero-order valence-electron chi connectivity index (χ0n) is 7.29. The van der Waals surface area contributed by atoms with Gasteiger partial charge in [-0.2, -0.15) is 0 Å². The molecule has 0 radical (unpaired) electrons. The Bertz CT molecular complexity index is 244. The minimum Gasteiger partial charge on any atom is -0.480 e. The van der Waals surface area contributed by atoms with E-state index in [4.69, 9.17) is 21.8 Å². The molecule has 6 nitrogen and oxygen atoms in total. The van der Waals surface area contributed by atoms with Crippen molar-refractivity contribution in [3.05, 3.63) is 11.6 Å². The van der Waals surface area contributed by atoms with Gasteiger partial charge in [0, 0.05) is 5.03 Å². The van der Waals surface area contributed by atoms with Crippen LogP contribution in [0.5, 0.6) is 0 Å². The maximum Gasteiger partial charge on any atom is 0.328 e.